The maximum Gasteiger partial charge on any atom is 0.147 e. The van der Waals surface area contributed by atoms with Crippen molar-refractivity contribution in [1.29, 1.82) is 0 Å². The Kier molecular flexibility index (Phi) is 4.15. The predicted octanol–water partition coefficient (Wildman–Crippen LogP) is 2.13. The molecule has 2 unspecified atom stereocenters. The van der Waals surface area contributed by atoms with Gasteiger partial charge in [0.2, 0.25) is 0 Å². The highest BCUT2D eigenvalue weighted by Gasteiger charge is 2.35. The second kappa shape index (κ2) is 5.88. The van der Waals surface area contributed by atoms with Gasteiger partial charge in [0.15, 0.2) is 0 Å². The zero-order valence-electron chi connectivity index (χ0n) is 12.3. The summed E-state index contributed by atoms with van der Waals surface area (Å²) in [6.07, 6.45) is 4.57. The highest BCUT2D eigenvalue weighted by atomic mass is 35.5. The molecule has 0 aliphatic carbocycles. The Morgan fingerprint density at radius 1 is 1.45 bits per heavy atom. The lowest BCUT2D eigenvalue weighted by atomic mass is 10.1. The van der Waals surface area contributed by atoms with Crippen molar-refractivity contribution >= 4 is 17.4 Å². The summed E-state index contributed by atoms with van der Waals surface area (Å²) >= 11 is 6.46. The van der Waals surface area contributed by atoms with Gasteiger partial charge in [-0.25, -0.2) is 4.98 Å². The van der Waals surface area contributed by atoms with Crippen LogP contribution in [0.2, 0.25) is 5.02 Å². The molecule has 0 bridgehead atoms. The van der Waals surface area contributed by atoms with Crippen LogP contribution in [-0.2, 0) is 6.54 Å². The summed E-state index contributed by atoms with van der Waals surface area (Å²) in [5.41, 5.74) is 1.13. The van der Waals surface area contributed by atoms with E-state index in [1.165, 1.54) is 19.4 Å². The third-order valence-electron chi connectivity index (χ3n) is 4.47. The molecule has 2 aliphatic rings. The van der Waals surface area contributed by atoms with Crippen molar-refractivity contribution in [3.8, 4) is 0 Å². The molecule has 2 saturated heterocycles. The monoisotopic (exact) mass is 294 g/mol. The highest BCUT2D eigenvalue weighted by molar-refractivity contribution is 6.33. The number of nitrogens with one attached hydrogen (secondary N) is 1. The van der Waals surface area contributed by atoms with Gasteiger partial charge in [-0.2, -0.15) is 0 Å². The number of halogens is 1. The lowest BCUT2D eigenvalue weighted by Crippen LogP contribution is -2.55. The van der Waals surface area contributed by atoms with E-state index in [9.17, 15) is 0 Å². The van der Waals surface area contributed by atoms with E-state index in [-0.39, 0.29) is 0 Å². The maximum atomic E-state index is 6.46. The molecule has 1 aromatic rings. The molecule has 2 fully saturated rings. The lowest BCUT2D eigenvalue weighted by molar-refractivity contribution is 0.202. The molecule has 2 atom stereocenters. The van der Waals surface area contributed by atoms with Gasteiger partial charge in [-0.05, 0) is 45.0 Å². The van der Waals surface area contributed by atoms with Gasteiger partial charge in [-0.15, -0.1) is 0 Å². The third kappa shape index (κ3) is 2.65. The molecular formula is C15H23ClN4. The van der Waals surface area contributed by atoms with E-state index in [0.29, 0.717) is 12.1 Å². The van der Waals surface area contributed by atoms with Crippen LogP contribution >= 0.6 is 11.6 Å². The fourth-order valence-corrected chi connectivity index (χ4v) is 3.76. The number of piperazine rings is 1. The van der Waals surface area contributed by atoms with E-state index in [0.717, 1.165) is 36.0 Å². The zero-order valence-corrected chi connectivity index (χ0v) is 13.0. The number of nitrogens with zero attached hydrogens (tertiary/aromatic N) is 3. The highest BCUT2D eigenvalue weighted by Crippen LogP contribution is 2.31. The van der Waals surface area contributed by atoms with E-state index in [2.05, 4.69) is 27.0 Å². The maximum absolute atomic E-state index is 6.46. The number of hydrogen-bond acceptors (Lipinski definition) is 4. The van der Waals surface area contributed by atoms with Crippen molar-refractivity contribution in [2.45, 2.75) is 38.4 Å². The molecule has 0 amide bonds. The summed E-state index contributed by atoms with van der Waals surface area (Å²) in [6.45, 7) is 6.51. The number of rotatable bonds is 3. The summed E-state index contributed by atoms with van der Waals surface area (Å²) in [7, 11) is 1.93. The summed E-state index contributed by atoms with van der Waals surface area (Å²) in [5.74, 6) is 0.950. The van der Waals surface area contributed by atoms with Crippen LogP contribution in [0.25, 0.3) is 0 Å². The Morgan fingerprint density at radius 2 is 2.30 bits per heavy atom. The number of fused-ring (bicyclic) bond motifs is 1. The van der Waals surface area contributed by atoms with Crippen LogP contribution in [0.15, 0.2) is 12.3 Å². The molecule has 4 nitrogen and oxygen atoms in total. The van der Waals surface area contributed by atoms with E-state index >= 15 is 0 Å². The molecule has 3 rings (SSSR count). The van der Waals surface area contributed by atoms with Crippen molar-refractivity contribution in [2.24, 2.45) is 0 Å². The van der Waals surface area contributed by atoms with Crippen molar-refractivity contribution in [3.05, 3.63) is 22.8 Å². The minimum absolute atomic E-state index is 0.476. The summed E-state index contributed by atoms with van der Waals surface area (Å²) in [5, 5.41) is 3.90. The summed E-state index contributed by atoms with van der Waals surface area (Å²) < 4.78 is 0. The molecule has 110 valence electrons. The van der Waals surface area contributed by atoms with Crippen molar-refractivity contribution < 1.29 is 0 Å². The van der Waals surface area contributed by atoms with E-state index < -0.39 is 0 Å². The normalized spacial score (nSPS) is 26.9. The number of aromatic nitrogens is 1. The first-order chi connectivity index (χ1) is 9.69. The average Bonchev–Trinajstić information content (AvgIpc) is 2.86. The number of hydrogen-bond donors (Lipinski definition) is 1. The largest absolute Gasteiger partial charge is 0.350 e. The smallest absolute Gasteiger partial charge is 0.147 e. The lowest BCUT2D eigenvalue weighted by Gasteiger charge is -2.43. The van der Waals surface area contributed by atoms with Crippen LogP contribution in [0.5, 0.6) is 0 Å². The molecule has 0 spiro atoms. The van der Waals surface area contributed by atoms with Gasteiger partial charge in [0.1, 0.15) is 5.82 Å². The molecule has 5 heteroatoms. The fourth-order valence-electron chi connectivity index (χ4n) is 3.46. The Morgan fingerprint density at radius 3 is 3.05 bits per heavy atom. The first-order valence-electron chi connectivity index (χ1n) is 7.48. The van der Waals surface area contributed by atoms with Crippen LogP contribution in [0, 0.1) is 0 Å². The Labute approximate surface area is 126 Å². The van der Waals surface area contributed by atoms with Crippen LogP contribution in [0.4, 0.5) is 5.82 Å². The van der Waals surface area contributed by atoms with Crippen LogP contribution < -0.4 is 10.2 Å². The molecule has 1 aromatic heterocycles. The summed E-state index contributed by atoms with van der Waals surface area (Å²) in [4.78, 5) is 9.62. The second-order valence-electron chi connectivity index (χ2n) is 5.97. The topological polar surface area (TPSA) is 31.4 Å². The van der Waals surface area contributed by atoms with Crippen LogP contribution in [-0.4, -0.2) is 48.6 Å². The number of pyridine rings is 1. The zero-order chi connectivity index (χ0) is 14.1. The molecule has 3 heterocycles. The van der Waals surface area contributed by atoms with Crippen LogP contribution in [0.1, 0.15) is 25.3 Å². The molecular weight excluding hydrogens is 272 g/mol. The molecule has 1 N–H and O–H groups in total. The van der Waals surface area contributed by atoms with Crippen molar-refractivity contribution in [2.75, 3.05) is 31.6 Å². The van der Waals surface area contributed by atoms with Gasteiger partial charge in [-0.1, -0.05) is 11.6 Å². The van der Waals surface area contributed by atoms with E-state index in [1.54, 1.807) is 0 Å². The Balaban J connectivity index is 1.81. The standard InChI is InChI=1S/C15H23ClN4/c1-11-9-19-5-3-4-13(19)10-20(11)15-14(16)6-12(7-17-2)8-18-15/h6,8,11,13,17H,3-5,7,9-10H2,1-2H3. The van der Waals surface area contributed by atoms with Gasteiger partial charge >= 0.3 is 0 Å². The Bertz CT molecular complexity index is 479. The molecule has 20 heavy (non-hydrogen) atoms. The summed E-state index contributed by atoms with van der Waals surface area (Å²) in [6, 6.07) is 3.19. The molecule has 2 aliphatic heterocycles. The van der Waals surface area contributed by atoms with Gasteiger partial charge in [0.25, 0.3) is 0 Å². The van der Waals surface area contributed by atoms with Crippen molar-refractivity contribution in [3.63, 3.8) is 0 Å². The first-order valence-corrected chi connectivity index (χ1v) is 7.86. The minimum Gasteiger partial charge on any atom is -0.350 e. The van der Waals surface area contributed by atoms with Crippen LogP contribution in [0.3, 0.4) is 0 Å². The Hall–Kier alpha value is -0.840. The first kappa shape index (κ1) is 14.1. The van der Waals surface area contributed by atoms with Gasteiger partial charge in [0.05, 0.1) is 5.02 Å². The SMILES string of the molecule is CNCc1cnc(N2CC3CCCN3CC2C)c(Cl)c1. The number of anilines is 1. The van der Waals surface area contributed by atoms with E-state index in [1.807, 2.05) is 19.3 Å². The second-order valence-corrected chi connectivity index (χ2v) is 6.38. The van der Waals surface area contributed by atoms with E-state index in [4.69, 9.17) is 11.6 Å². The van der Waals surface area contributed by atoms with Gasteiger partial charge in [-0.3, -0.25) is 4.90 Å². The van der Waals surface area contributed by atoms with Crippen molar-refractivity contribution in [1.82, 2.24) is 15.2 Å². The fraction of sp³-hybridized carbons (Fsp3) is 0.667. The minimum atomic E-state index is 0.476. The molecule has 0 saturated carbocycles. The predicted molar refractivity (Wildman–Crippen MR) is 83.4 cm³/mol. The molecule has 0 aromatic carbocycles. The third-order valence-corrected chi connectivity index (χ3v) is 4.75. The van der Waals surface area contributed by atoms with Gasteiger partial charge < -0.3 is 10.2 Å². The average molecular weight is 295 g/mol. The van der Waals surface area contributed by atoms with Gasteiger partial charge in [0, 0.05) is 37.9 Å². The quantitative estimate of drug-likeness (QED) is 0.925. The molecule has 0 radical (unpaired) electrons.